The van der Waals surface area contributed by atoms with Gasteiger partial charge in [-0.1, -0.05) is 6.07 Å². The normalized spacial score (nSPS) is 21.1. The van der Waals surface area contributed by atoms with E-state index in [9.17, 15) is 14.9 Å². The summed E-state index contributed by atoms with van der Waals surface area (Å²) in [6.45, 7) is 1.63. The van der Waals surface area contributed by atoms with E-state index in [1.54, 1.807) is 19.1 Å². The molecule has 1 fully saturated rings. The molecule has 1 aromatic carbocycles. The smallest absolute Gasteiger partial charge is 0.274 e. The van der Waals surface area contributed by atoms with Crippen molar-refractivity contribution >= 4 is 29.7 Å². The number of carbonyl (C=O) groups excluding carboxylic acids is 1. The highest BCUT2D eigenvalue weighted by molar-refractivity contribution is 5.94. The molecule has 0 radical (unpaired) electrons. The van der Waals surface area contributed by atoms with Gasteiger partial charge in [0.15, 0.2) is 0 Å². The Labute approximate surface area is 123 Å². The molecule has 20 heavy (non-hydrogen) atoms. The summed E-state index contributed by atoms with van der Waals surface area (Å²) < 4.78 is 0. The van der Waals surface area contributed by atoms with Crippen molar-refractivity contribution in [2.24, 2.45) is 11.7 Å². The minimum Gasteiger partial charge on any atom is -0.328 e. The largest absolute Gasteiger partial charge is 0.328 e. The van der Waals surface area contributed by atoms with Gasteiger partial charge in [0.2, 0.25) is 5.91 Å². The second kappa shape index (κ2) is 6.67. The number of hydrogen-bond donors (Lipinski definition) is 2. The molecule has 0 aliphatic heterocycles. The zero-order valence-electron chi connectivity index (χ0n) is 11.2. The molecular formula is C13H18ClN3O3. The molecule has 0 heterocycles. The number of nitrogens with zero attached hydrogens (tertiary/aromatic N) is 1. The summed E-state index contributed by atoms with van der Waals surface area (Å²) >= 11 is 0. The summed E-state index contributed by atoms with van der Waals surface area (Å²) in [5, 5.41) is 13.6. The predicted octanol–water partition coefficient (Wildman–Crippen LogP) is 2.39. The summed E-state index contributed by atoms with van der Waals surface area (Å²) in [4.78, 5) is 22.4. The van der Waals surface area contributed by atoms with Crippen molar-refractivity contribution in [3.05, 3.63) is 33.9 Å². The Morgan fingerprint density at radius 1 is 1.45 bits per heavy atom. The number of nitrogens with one attached hydrogen (secondary N) is 1. The number of nitro benzene ring substituents is 1. The van der Waals surface area contributed by atoms with Crippen LogP contribution in [0, 0.1) is 23.0 Å². The first-order valence-electron chi connectivity index (χ1n) is 6.29. The predicted molar refractivity (Wildman–Crippen MR) is 79.0 cm³/mol. The van der Waals surface area contributed by atoms with E-state index in [1.807, 2.05) is 0 Å². The first-order chi connectivity index (χ1) is 8.99. The molecule has 1 saturated carbocycles. The van der Waals surface area contributed by atoms with E-state index in [-0.39, 0.29) is 36.0 Å². The maximum atomic E-state index is 12.1. The zero-order chi connectivity index (χ0) is 14.0. The van der Waals surface area contributed by atoms with Gasteiger partial charge in [0.1, 0.15) is 0 Å². The standard InChI is InChI=1S/C13H17N3O3.ClH/c1-8-11(3-2-4-12(8)16(18)19)15-13(17)9-5-6-10(14)7-9;/h2-4,9-10H,5-7,14H2,1H3,(H,15,17);1H. The van der Waals surface area contributed by atoms with E-state index >= 15 is 0 Å². The molecule has 1 amide bonds. The number of nitrogens with two attached hydrogens (primary N) is 1. The molecule has 6 nitrogen and oxygen atoms in total. The number of amides is 1. The van der Waals surface area contributed by atoms with E-state index in [0.717, 1.165) is 12.8 Å². The summed E-state index contributed by atoms with van der Waals surface area (Å²) in [5.41, 5.74) is 6.77. The van der Waals surface area contributed by atoms with Gasteiger partial charge in [-0.25, -0.2) is 0 Å². The third kappa shape index (κ3) is 3.46. The van der Waals surface area contributed by atoms with Crippen molar-refractivity contribution in [1.82, 2.24) is 0 Å². The number of nitro groups is 1. The van der Waals surface area contributed by atoms with Crippen LogP contribution in [0.15, 0.2) is 18.2 Å². The minimum absolute atomic E-state index is 0. The molecule has 0 aromatic heterocycles. The molecule has 1 aliphatic rings. The van der Waals surface area contributed by atoms with E-state index in [1.165, 1.54) is 6.07 Å². The molecule has 110 valence electrons. The van der Waals surface area contributed by atoms with Crippen molar-refractivity contribution in [3.63, 3.8) is 0 Å². The van der Waals surface area contributed by atoms with E-state index in [0.29, 0.717) is 17.7 Å². The number of carbonyl (C=O) groups is 1. The van der Waals surface area contributed by atoms with Gasteiger partial charge in [0, 0.05) is 18.0 Å². The molecule has 0 spiro atoms. The van der Waals surface area contributed by atoms with Crippen molar-refractivity contribution in [3.8, 4) is 0 Å². The maximum absolute atomic E-state index is 12.1. The van der Waals surface area contributed by atoms with Crippen LogP contribution in [0.25, 0.3) is 0 Å². The Bertz CT molecular complexity index is 522. The van der Waals surface area contributed by atoms with Crippen LogP contribution in [0.1, 0.15) is 24.8 Å². The lowest BCUT2D eigenvalue weighted by Gasteiger charge is -2.12. The van der Waals surface area contributed by atoms with Crippen LogP contribution < -0.4 is 11.1 Å². The van der Waals surface area contributed by atoms with Crippen LogP contribution in [-0.2, 0) is 4.79 Å². The van der Waals surface area contributed by atoms with Crippen molar-refractivity contribution in [1.29, 1.82) is 0 Å². The van der Waals surface area contributed by atoms with Crippen LogP contribution in [0.4, 0.5) is 11.4 Å². The first-order valence-corrected chi connectivity index (χ1v) is 6.29. The summed E-state index contributed by atoms with van der Waals surface area (Å²) in [6, 6.07) is 4.76. The second-order valence-corrected chi connectivity index (χ2v) is 4.97. The van der Waals surface area contributed by atoms with Gasteiger partial charge in [-0.2, -0.15) is 0 Å². The number of halogens is 1. The quantitative estimate of drug-likeness (QED) is 0.661. The Balaban J connectivity index is 0.00000200. The van der Waals surface area contributed by atoms with Gasteiger partial charge in [0.25, 0.3) is 5.69 Å². The first kappa shape index (κ1) is 16.4. The third-order valence-electron chi connectivity index (χ3n) is 3.60. The van der Waals surface area contributed by atoms with E-state index in [4.69, 9.17) is 5.73 Å². The van der Waals surface area contributed by atoms with Crippen LogP contribution in [0.2, 0.25) is 0 Å². The molecule has 2 unspecified atom stereocenters. The van der Waals surface area contributed by atoms with Gasteiger partial charge in [-0.05, 0) is 32.3 Å². The fourth-order valence-corrected chi connectivity index (χ4v) is 2.45. The molecule has 3 N–H and O–H groups in total. The van der Waals surface area contributed by atoms with Gasteiger partial charge < -0.3 is 11.1 Å². The van der Waals surface area contributed by atoms with Gasteiger partial charge in [-0.15, -0.1) is 12.4 Å². The average molecular weight is 300 g/mol. The molecule has 0 bridgehead atoms. The maximum Gasteiger partial charge on any atom is 0.274 e. The number of benzene rings is 1. The Morgan fingerprint density at radius 2 is 2.15 bits per heavy atom. The summed E-state index contributed by atoms with van der Waals surface area (Å²) in [6.07, 6.45) is 2.31. The minimum atomic E-state index is -0.448. The highest BCUT2D eigenvalue weighted by Crippen LogP contribution is 2.28. The van der Waals surface area contributed by atoms with E-state index < -0.39 is 4.92 Å². The average Bonchev–Trinajstić information content (AvgIpc) is 2.78. The van der Waals surface area contributed by atoms with E-state index in [2.05, 4.69) is 5.32 Å². The van der Waals surface area contributed by atoms with Gasteiger partial charge in [-0.3, -0.25) is 14.9 Å². The molecule has 1 aliphatic carbocycles. The topological polar surface area (TPSA) is 98.3 Å². The number of rotatable bonds is 3. The van der Waals surface area contributed by atoms with Crippen LogP contribution in [0.3, 0.4) is 0 Å². The van der Waals surface area contributed by atoms with Crippen molar-refractivity contribution in [2.75, 3.05) is 5.32 Å². The summed E-state index contributed by atoms with van der Waals surface area (Å²) in [5.74, 6) is -0.190. The Morgan fingerprint density at radius 3 is 2.70 bits per heavy atom. The van der Waals surface area contributed by atoms with Crippen LogP contribution in [-0.4, -0.2) is 16.9 Å². The second-order valence-electron chi connectivity index (χ2n) is 4.97. The highest BCUT2D eigenvalue weighted by Gasteiger charge is 2.28. The Kier molecular flexibility index (Phi) is 5.47. The van der Waals surface area contributed by atoms with Gasteiger partial charge >= 0.3 is 0 Å². The lowest BCUT2D eigenvalue weighted by atomic mass is 10.1. The monoisotopic (exact) mass is 299 g/mol. The van der Waals surface area contributed by atoms with Crippen molar-refractivity contribution < 1.29 is 9.72 Å². The SMILES string of the molecule is Cc1c(NC(=O)C2CCC(N)C2)cccc1[N+](=O)[O-].Cl. The highest BCUT2D eigenvalue weighted by atomic mass is 35.5. The Hall–Kier alpha value is -1.66. The number of hydrogen-bond acceptors (Lipinski definition) is 4. The zero-order valence-corrected chi connectivity index (χ0v) is 12.0. The molecular weight excluding hydrogens is 282 g/mol. The lowest BCUT2D eigenvalue weighted by molar-refractivity contribution is -0.385. The molecule has 1 aromatic rings. The summed E-state index contributed by atoms with van der Waals surface area (Å²) in [7, 11) is 0. The number of anilines is 1. The lowest BCUT2D eigenvalue weighted by Crippen LogP contribution is -2.23. The molecule has 2 rings (SSSR count). The molecule has 7 heteroatoms. The third-order valence-corrected chi connectivity index (χ3v) is 3.60. The fourth-order valence-electron chi connectivity index (χ4n) is 2.45. The van der Waals surface area contributed by atoms with Crippen molar-refractivity contribution in [2.45, 2.75) is 32.2 Å². The fraction of sp³-hybridized carbons (Fsp3) is 0.462. The van der Waals surface area contributed by atoms with Crippen LogP contribution >= 0.6 is 12.4 Å². The molecule has 0 saturated heterocycles. The van der Waals surface area contributed by atoms with Gasteiger partial charge in [0.05, 0.1) is 16.2 Å². The van der Waals surface area contributed by atoms with Crippen LogP contribution in [0.5, 0.6) is 0 Å². The molecule has 2 atom stereocenters.